The van der Waals surface area contributed by atoms with Crippen molar-refractivity contribution in [3.63, 3.8) is 0 Å². The molecule has 2 heterocycles. The third-order valence-electron chi connectivity index (χ3n) is 2.33. The van der Waals surface area contributed by atoms with Crippen molar-refractivity contribution in [1.29, 1.82) is 0 Å². The minimum absolute atomic E-state index is 0.479. The van der Waals surface area contributed by atoms with Crippen molar-refractivity contribution in [2.75, 3.05) is 25.0 Å². The Morgan fingerprint density at radius 2 is 2.57 bits per heavy atom. The van der Waals surface area contributed by atoms with Gasteiger partial charge in [-0.15, -0.1) is 0 Å². The number of rotatable bonds is 3. The Bertz CT molecular complexity index is 299. The Morgan fingerprint density at radius 3 is 3.29 bits per heavy atom. The quantitative estimate of drug-likeness (QED) is 0.739. The predicted molar refractivity (Wildman–Crippen MR) is 56.5 cm³/mol. The first-order valence-corrected chi connectivity index (χ1v) is 5.15. The smallest absolute Gasteiger partial charge is 0.224 e. The molecule has 1 atom stereocenters. The maximum absolute atomic E-state index is 5.74. The SMILES string of the molecule is Clc1ccnc(NCC2CCNC2)n1. The summed E-state index contributed by atoms with van der Waals surface area (Å²) >= 11 is 5.74. The van der Waals surface area contributed by atoms with Crippen molar-refractivity contribution in [2.45, 2.75) is 6.42 Å². The summed E-state index contributed by atoms with van der Waals surface area (Å²) in [5, 5.41) is 6.97. The molecule has 1 aromatic rings. The van der Waals surface area contributed by atoms with Gasteiger partial charge in [0.15, 0.2) is 0 Å². The molecule has 2 rings (SSSR count). The van der Waals surface area contributed by atoms with E-state index in [9.17, 15) is 0 Å². The molecule has 1 aliphatic heterocycles. The Kier molecular flexibility index (Phi) is 3.16. The third-order valence-corrected chi connectivity index (χ3v) is 2.54. The fourth-order valence-corrected chi connectivity index (χ4v) is 1.68. The van der Waals surface area contributed by atoms with Crippen LogP contribution in [0.3, 0.4) is 0 Å². The highest BCUT2D eigenvalue weighted by Gasteiger charge is 2.13. The number of hydrogen-bond acceptors (Lipinski definition) is 4. The summed E-state index contributed by atoms with van der Waals surface area (Å²) in [6, 6.07) is 1.67. The Balaban J connectivity index is 1.85. The number of halogens is 1. The zero-order valence-corrected chi connectivity index (χ0v) is 8.59. The second kappa shape index (κ2) is 4.57. The summed E-state index contributed by atoms with van der Waals surface area (Å²) in [6.45, 7) is 3.10. The second-order valence-electron chi connectivity index (χ2n) is 3.44. The van der Waals surface area contributed by atoms with Gasteiger partial charge in [0, 0.05) is 12.7 Å². The zero-order chi connectivity index (χ0) is 9.80. The van der Waals surface area contributed by atoms with Gasteiger partial charge in [0.05, 0.1) is 0 Å². The molecule has 1 aliphatic rings. The van der Waals surface area contributed by atoms with Crippen LogP contribution in [-0.4, -0.2) is 29.6 Å². The highest BCUT2D eigenvalue weighted by Crippen LogP contribution is 2.09. The van der Waals surface area contributed by atoms with Crippen LogP contribution in [0.15, 0.2) is 12.3 Å². The molecule has 5 heteroatoms. The van der Waals surface area contributed by atoms with E-state index in [1.807, 2.05) is 0 Å². The highest BCUT2D eigenvalue weighted by molar-refractivity contribution is 6.29. The summed E-state index contributed by atoms with van der Waals surface area (Å²) in [5.41, 5.74) is 0. The number of nitrogens with zero attached hydrogens (tertiary/aromatic N) is 2. The molecule has 0 radical (unpaired) electrons. The van der Waals surface area contributed by atoms with E-state index in [2.05, 4.69) is 20.6 Å². The van der Waals surface area contributed by atoms with Crippen LogP contribution in [-0.2, 0) is 0 Å². The minimum Gasteiger partial charge on any atom is -0.354 e. The van der Waals surface area contributed by atoms with E-state index in [0.29, 0.717) is 17.0 Å². The molecule has 4 nitrogen and oxygen atoms in total. The first kappa shape index (κ1) is 9.68. The van der Waals surface area contributed by atoms with E-state index in [4.69, 9.17) is 11.6 Å². The molecule has 0 spiro atoms. The monoisotopic (exact) mass is 212 g/mol. The van der Waals surface area contributed by atoms with E-state index in [-0.39, 0.29) is 0 Å². The molecular weight excluding hydrogens is 200 g/mol. The molecule has 0 aromatic carbocycles. The molecule has 1 fully saturated rings. The van der Waals surface area contributed by atoms with Crippen LogP contribution in [0.1, 0.15) is 6.42 Å². The summed E-state index contributed by atoms with van der Waals surface area (Å²) in [6.07, 6.45) is 2.87. The Hall–Kier alpha value is -0.870. The lowest BCUT2D eigenvalue weighted by Crippen LogP contribution is -2.18. The van der Waals surface area contributed by atoms with E-state index in [0.717, 1.165) is 19.6 Å². The summed E-state index contributed by atoms with van der Waals surface area (Å²) in [7, 11) is 0. The number of hydrogen-bond donors (Lipinski definition) is 2. The topological polar surface area (TPSA) is 49.8 Å². The first-order chi connectivity index (χ1) is 6.84. The van der Waals surface area contributed by atoms with Crippen molar-refractivity contribution in [3.05, 3.63) is 17.4 Å². The number of nitrogens with one attached hydrogen (secondary N) is 2. The molecular formula is C9H13ClN4. The summed E-state index contributed by atoms with van der Waals surface area (Å²) < 4.78 is 0. The largest absolute Gasteiger partial charge is 0.354 e. The molecule has 1 saturated heterocycles. The third kappa shape index (κ3) is 2.56. The standard InChI is InChI=1S/C9H13ClN4/c10-8-2-4-12-9(14-8)13-6-7-1-3-11-5-7/h2,4,7,11H,1,3,5-6H2,(H,12,13,14). The molecule has 0 saturated carbocycles. The maximum atomic E-state index is 5.74. The number of aromatic nitrogens is 2. The van der Waals surface area contributed by atoms with Crippen LogP contribution in [0, 0.1) is 5.92 Å². The number of anilines is 1. The van der Waals surface area contributed by atoms with Gasteiger partial charge in [-0.25, -0.2) is 9.97 Å². The average molecular weight is 213 g/mol. The van der Waals surface area contributed by atoms with E-state index < -0.39 is 0 Å². The summed E-state index contributed by atoms with van der Waals surface area (Å²) in [5.74, 6) is 1.29. The van der Waals surface area contributed by atoms with Crippen LogP contribution in [0.2, 0.25) is 5.15 Å². The van der Waals surface area contributed by atoms with E-state index in [1.165, 1.54) is 6.42 Å². The van der Waals surface area contributed by atoms with Gasteiger partial charge in [0.25, 0.3) is 0 Å². The Morgan fingerprint density at radius 1 is 1.64 bits per heavy atom. The van der Waals surface area contributed by atoms with Crippen LogP contribution in [0.25, 0.3) is 0 Å². The van der Waals surface area contributed by atoms with E-state index in [1.54, 1.807) is 12.3 Å². The fourth-order valence-electron chi connectivity index (χ4n) is 1.55. The van der Waals surface area contributed by atoms with Crippen LogP contribution >= 0.6 is 11.6 Å². The van der Waals surface area contributed by atoms with Crippen molar-refractivity contribution in [3.8, 4) is 0 Å². The van der Waals surface area contributed by atoms with Gasteiger partial charge >= 0.3 is 0 Å². The van der Waals surface area contributed by atoms with Crippen molar-refractivity contribution < 1.29 is 0 Å². The molecule has 0 amide bonds. The molecule has 0 aliphatic carbocycles. The van der Waals surface area contributed by atoms with Gasteiger partial charge in [-0.05, 0) is 31.5 Å². The molecule has 0 bridgehead atoms. The lowest BCUT2D eigenvalue weighted by Gasteiger charge is -2.09. The van der Waals surface area contributed by atoms with Crippen LogP contribution in [0.5, 0.6) is 0 Å². The predicted octanol–water partition coefficient (Wildman–Crippen LogP) is 1.15. The highest BCUT2D eigenvalue weighted by atomic mass is 35.5. The molecule has 2 N–H and O–H groups in total. The van der Waals surface area contributed by atoms with Gasteiger partial charge in [-0.2, -0.15) is 0 Å². The van der Waals surface area contributed by atoms with Gasteiger partial charge in [0.2, 0.25) is 5.95 Å². The average Bonchev–Trinajstić information content (AvgIpc) is 2.67. The van der Waals surface area contributed by atoms with Crippen molar-refractivity contribution in [2.24, 2.45) is 5.92 Å². The normalized spacial score (nSPS) is 21.1. The Labute approximate surface area is 88.1 Å². The van der Waals surface area contributed by atoms with Crippen LogP contribution in [0.4, 0.5) is 5.95 Å². The van der Waals surface area contributed by atoms with Gasteiger partial charge in [0.1, 0.15) is 5.15 Å². The fraction of sp³-hybridized carbons (Fsp3) is 0.556. The molecule has 1 aromatic heterocycles. The maximum Gasteiger partial charge on any atom is 0.224 e. The van der Waals surface area contributed by atoms with Crippen LogP contribution < -0.4 is 10.6 Å². The van der Waals surface area contributed by atoms with Crippen molar-refractivity contribution in [1.82, 2.24) is 15.3 Å². The minimum atomic E-state index is 0.479. The van der Waals surface area contributed by atoms with Crippen molar-refractivity contribution >= 4 is 17.5 Å². The lowest BCUT2D eigenvalue weighted by molar-refractivity contribution is 0.613. The van der Waals surface area contributed by atoms with Gasteiger partial charge in [-0.1, -0.05) is 11.6 Å². The lowest BCUT2D eigenvalue weighted by atomic mass is 10.1. The van der Waals surface area contributed by atoms with Gasteiger partial charge < -0.3 is 10.6 Å². The molecule has 1 unspecified atom stereocenters. The molecule has 14 heavy (non-hydrogen) atoms. The summed E-state index contributed by atoms with van der Waals surface area (Å²) in [4.78, 5) is 8.13. The molecule has 76 valence electrons. The van der Waals surface area contributed by atoms with Gasteiger partial charge in [-0.3, -0.25) is 0 Å². The second-order valence-corrected chi connectivity index (χ2v) is 3.83. The first-order valence-electron chi connectivity index (χ1n) is 4.78. The van der Waals surface area contributed by atoms with E-state index >= 15 is 0 Å². The zero-order valence-electron chi connectivity index (χ0n) is 7.83.